The first-order valence-corrected chi connectivity index (χ1v) is 5.03. The molecule has 0 saturated carbocycles. The lowest BCUT2D eigenvalue weighted by Gasteiger charge is -2.11. The Hall–Kier alpha value is -0.0100. The molecule has 0 fully saturated rings. The van der Waals surface area contributed by atoms with E-state index >= 15 is 0 Å². The maximum absolute atomic E-state index is 11.9. The van der Waals surface area contributed by atoms with Gasteiger partial charge in [0.1, 0.15) is 5.15 Å². The highest BCUT2D eigenvalue weighted by Gasteiger charge is 2.33. The molecule has 0 aromatic carbocycles. The van der Waals surface area contributed by atoms with E-state index in [-0.39, 0.29) is 14.2 Å². The van der Waals surface area contributed by atoms with Crippen molar-refractivity contribution in [1.82, 2.24) is 4.98 Å². The van der Waals surface area contributed by atoms with Crippen LogP contribution in [0.15, 0.2) is 15.1 Å². The lowest BCUT2D eigenvalue weighted by Crippen LogP contribution is -2.18. The predicted molar refractivity (Wildman–Crippen MR) is 51.3 cm³/mol. The second-order valence-electron chi connectivity index (χ2n) is 2.09. The summed E-state index contributed by atoms with van der Waals surface area (Å²) in [4.78, 5) is 3.55. The molecule has 2 nitrogen and oxygen atoms in total. The van der Waals surface area contributed by atoms with Crippen LogP contribution < -0.4 is 4.74 Å². The fourth-order valence-electron chi connectivity index (χ4n) is 0.652. The quantitative estimate of drug-likeness (QED) is 0.706. The monoisotopic (exact) mass is 353 g/mol. The number of pyridine rings is 1. The van der Waals surface area contributed by atoms with Crippen molar-refractivity contribution in [1.29, 1.82) is 0 Å². The van der Waals surface area contributed by atoms with Crippen LogP contribution in [0.1, 0.15) is 0 Å². The number of nitrogens with zero attached hydrogens (tertiary/aromatic N) is 1. The second kappa shape index (κ2) is 4.24. The van der Waals surface area contributed by atoms with Crippen LogP contribution in [0.25, 0.3) is 0 Å². The van der Waals surface area contributed by atoms with Crippen molar-refractivity contribution in [3.05, 3.63) is 20.3 Å². The number of alkyl halides is 3. The molecule has 14 heavy (non-hydrogen) atoms. The van der Waals surface area contributed by atoms with Crippen molar-refractivity contribution in [2.24, 2.45) is 0 Å². The van der Waals surface area contributed by atoms with Gasteiger partial charge in [0, 0.05) is 0 Å². The molecule has 1 aromatic rings. The van der Waals surface area contributed by atoms with Crippen LogP contribution >= 0.6 is 43.5 Å². The van der Waals surface area contributed by atoms with E-state index in [0.29, 0.717) is 0 Å². The fourth-order valence-corrected chi connectivity index (χ4v) is 2.32. The smallest absolute Gasteiger partial charge is 0.402 e. The molecule has 0 aliphatic heterocycles. The number of ether oxygens (including phenoxy) is 1. The number of rotatable bonds is 1. The Kier molecular flexibility index (Phi) is 3.65. The van der Waals surface area contributed by atoms with Gasteiger partial charge >= 0.3 is 6.36 Å². The summed E-state index contributed by atoms with van der Waals surface area (Å²) in [5.41, 5.74) is 0. The zero-order valence-electron chi connectivity index (χ0n) is 6.20. The molecule has 0 aliphatic carbocycles. The van der Waals surface area contributed by atoms with E-state index in [9.17, 15) is 13.2 Å². The van der Waals surface area contributed by atoms with Crippen LogP contribution in [-0.4, -0.2) is 11.3 Å². The van der Waals surface area contributed by atoms with Crippen LogP contribution in [0.4, 0.5) is 13.2 Å². The standard InChI is InChI=1S/C6HBr2ClF3NO/c7-2-1-3(9)13-5(8)4(2)14-6(10,11)12/h1H. The van der Waals surface area contributed by atoms with E-state index in [1.165, 1.54) is 6.07 Å². The van der Waals surface area contributed by atoms with Crippen molar-refractivity contribution in [2.75, 3.05) is 0 Å². The Morgan fingerprint density at radius 3 is 2.36 bits per heavy atom. The number of hydrogen-bond donors (Lipinski definition) is 0. The zero-order chi connectivity index (χ0) is 10.9. The minimum absolute atomic E-state index is 0.0540. The SMILES string of the molecule is FC(F)(F)Oc1c(Br)cc(Cl)nc1Br. The van der Waals surface area contributed by atoms with Gasteiger partial charge in [0.15, 0.2) is 10.4 Å². The van der Waals surface area contributed by atoms with Gasteiger partial charge in [0.05, 0.1) is 4.47 Å². The van der Waals surface area contributed by atoms with E-state index in [1.54, 1.807) is 0 Å². The minimum atomic E-state index is -4.76. The van der Waals surface area contributed by atoms with Crippen molar-refractivity contribution in [3.8, 4) is 5.75 Å². The highest BCUT2D eigenvalue weighted by Crippen LogP contribution is 2.37. The largest absolute Gasteiger partial charge is 0.573 e. The molecule has 1 rings (SSSR count). The van der Waals surface area contributed by atoms with Gasteiger partial charge in [-0.25, -0.2) is 4.98 Å². The lowest BCUT2D eigenvalue weighted by atomic mass is 10.5. The third-order valence-electron chi connectivity index (χ3n) is 1.07. The van der Waals surface area contributed by atoms with Gasteiger partial charge in [-0.05, 0) is 37.9 Å². The van der Waals surface area contributed by atoms with Crippen molar-refractivity contribution in [2.45, 2.75) is 6.36 Å². The van der Waals surface area contributed by atoms with Crippen LogP contribution in [-0.2, 0) is 0 Å². The molecule has 0 amide bonds. The summed E-state index contributed by atoms with van der Waals surface area (Å²) in [6, 6.07) is 1.20. The second-order valence-corrected chi connectivity index (χ2v) is 4.09. The average molecular weight is 355 g/mol. The Bertz CT molecular complexity index is 334. The molecule has 0 saturated heterocycles. The molecule has 1 heterocycles. The molecule has 0 aliphatic rings. The third-order valence-corrected chi connectivity index (χ3v) is 2.39. The summed E-state index contributed by atoms with van der Waals surface area (Å²) in [6.45, 7) is 0. The molecule has 0 N–H and O–H groups in total. The fraction of sp³-hybridized carbons (Fsp3) is 0.167. The zero-order valence-corrected chi connectivity index (χ0v) is 10.1. The van der Waals surface area contributed by atoms with Crippen molar-refractivity contribution >= 4 is 43.5 Å². The first kappa shape index (κ1) is 12.1. The minimum Gasteiger partial charge on any atom is -0.402 e. The van der Waals surface area contributed by atoms with Gasteiger partial charge in [-0.1, -0.05) is 11.6 Å². The maximum atomic E-state index is 11.9. The van der Waals surface area contributed by atoms with Gasteiger partial charge in [-0.2, -0.15) is 0 Å². The lowest BCUT2D eigenvalue weighted by molar-refractivity contribution is -0.275. The van der Waals surface area contributed by atoms with E-state index < -0.39 is 12.1 Å². The Morgan fingerprint density at radius 1 is 1.36 bits per heavy atom. The van der Waals surface area contributed by atoms with Gasteiger partial charge in [0.25, 0.3) is 0 Å². The first-order chi connectivity index (χ1) is 6.29. The van der Waals surface area contributed by atoms with Crippen molar-refractivity contribution in [3.63, 3.8) is 0 Å². The molecule has 0 unspecified atom stereocenters. The van der Waals surface area contributed by atoms with E-state index in [2.05, 4.69) is 41.6 Å². The summed E-state index contributed by atoms with van der Waals surface area (Å²) in [6.07, 6.45) is -4.76. The predicted octanol–water partition coefficient (Wildman–Crippen LogP) is 4.16. The van der Waals surface area contributed by atoms with Gasteiger partial charge in [-0.3, -0.25) is 0 Å². The molecule has 8 heteroatoms. The van der Waals surface area contributed by atoms with E-state index in [0.717, 1.165) is 0 Å². The Morgan fingerprint density at radius 2 is 1.93 bits per heavy atom. The van der Waals surface area contributed by atoms with Crippen LogP contribution in [0.5, 0.6) is 5.75 Å². The summed E-state index contributed by atoms with van der Waals surface area (Å²) in [5.74, 6) is -0.457. The average Bonchev–Trinajstić information content (AvgIpc) is 1.95. The topological polar surface area (TPSA) is 22.1 Å². The molecular weight excluding hydrogens is 354 g/mol. The van der Waals surface area contributed by atoms with Gasteiger partial charge in [0.2, 0.25) is 0 Å². The normalized spacial score (nSPS) is 11.6. The van der Waals surface area contributed by atoms with E-state index in [1.807, 2.05) is 0 Å². The molecule has 0 bridgehead atoms. The maximum Gasteiger partial charge on any atom is 0.573 e. The number of halogens is 6. The first-order valence-electron chi connectivity index (χ1n) is 3.07. The van der Waals surface area contributed by atoms with Gasteiger partial charge < -0.3 is 4.74 Å². The third kappa shape index (κ3) is 3.29. The summed E-state index contributed by atoms with van der Waals surface area (Å²) < 4.78 is 39.3. The molecule has 78 valence electrons. The number of hydrogen-bond acceptors (Lipinski definition) is 2. The highest BCUT2D eigenvalue weighted by molar-refractivity contribution is 9.11. The molecule has 0 atom stereocenters. The molecule has 0 radical (unpaired) electrons. The molecule has 1 aromatic heterocycles. The highest BCUT2D eigenvalue weighted by atomic mass is 79.9. The van der Waals surface area contributed by atoms with Crippen LogP contribution in [0, 0.1) is 0 Å². The van der Waals surface area contributed by atoms with Crippen LogP contribution in [0.3, 0.4) is 0 Å². The van der Waals surface area contributed by atoms with E-state index in [4.69, 9.17) is 11.6 Å². The Labute approximate surface area is 98.7 Å². The summed E-state index contributed by atoms with van der Waals surface area (Å²) in [7, 11) is 0. The number of aromatic nitrogens is 1. The molecular formula is C6HBr2ClF3NO. The summed E-state index contributed by atoms with van der Waals surface area (Å²) in [5, 5.41) is 0.0540. The van der Waals surface area contributed by atoms with Gasteiger partial charge in [-0.15, -0.1) is 13.2 Å². The Balaban J connectivity index is 3.09. The summed E-state index contributed by atoms with van der Waals surface area (Å²) >= 11 is 11.2. The molecule has 0 spiro atoms. The van der Waals surface area contributed by atoms with Crippen molar-refractivity contribution < 1.29 is 17.9 Å². The van der Waals surface area contributed by atoms with Crippen LogP contribution in [0.2, 0.25) is 5.15 Å².